The summed E-state index contributed by atoms with van der Waals surface area (Å²) in [5, 5.41) is 22.1. The van der Waals surface area contributed by atoms with Crippen LogP contribution in [0.5, 0.6) is 0 Å². The Labute approximate surface area is 163 Å². The first kappa shape index (κ1) is 20.8. The van der Waals surface area contributed by atoms with E-state index in [0.717, 1.165) is 19.3 Å². The maximum absolute atomic E-state index is 11.9. The maximum atomic E-state index is 11.9. The predicted molar refractivity (Wildman–Crippen MR) is 103 cm³/mol. The molecule has 0 unspecified atom stereocenters. The Bertz CT molecular complexity index is 626. The minimum atomic E-state index is -1.17. The maximum Gasteiger partial charge on any atom is 0.303 e. The van der Waals surface area contributed by atoms with Crippen molar-refractivity contribution in [1.29, 1.82) is 0 Å². The summed E-state index contributed by atoms with van der Waals surface area (Å²) in [7, 11) is 0. The van der Waals surface area contributed by atoms with E-state index in [2.05, 4.69) is 27.4 Å². The first-order chi connectivity index (χ1) is 12.3. The Kier molecular flexibility index (Phi) is 4.85. The fourth-order valence-electron chi connectivity index (χ4n) is 6.75. The van der Waals surface area contributed by atoms with Gasteiger partial charge in [0.25, 0.3) is 0 Å². The number of esters is 1. The van der Waals surface area contributed by atoms with Crippen molar-refractivity contribution in [2.24, 2.45) is 22.7 Å². The summed E-state index contributed by atoms with van der Waals surface area (Å²) in [6.07, 6.45) is 3.30. The number of aliphatic hydroxyl groups excluding tert-OH is 1. The number of ether oxygens (including phenoxy) is 2. The second-order valence-corrected chi connectivity index (χ2v) is 10.4. The summed E-state index contributed by atoms with van der Waals surface area (Å²) in [6.45, 7) is 15.5. The number of fused-ring (bicyclic) bond motifs is 3. The Hall–Kier alpha value is -0.910. The molecule has 0 amide bonds. The van der Waals surface area contributed by atoms with Crippen LogP contribution < -0.4 is 0 Å². The van der Waals surface area contributed by atoms with Crippen molar-refractivity contribution >= 4 is 5.97 Å². The quantitative estimate of drug-likeness (QED) is 0.581. The summed E-state index contributed by atoms with van der Waals surface area (Å²) in [5.74, 6) is -0.281. The minimum absolute atomic E-state index is 0.0340. The second kappa shape index (κ2) is 6.30. The van der Waals surface area contributed by atoms with Gasteiger partial charge in [-0.3, -0.25) is 4.79 Å². The van der Waals surface area contributed by atoms with Crippen LogP contribution in [0.25, 0.3) is 0 Å². The Morgan fingerprint density at radius 2 is 1.93 bits per heavy atom. The van der Waals surface area contributed by atoms with Gasteiger partial charge in [0, 0.05) is 12.8 Å². The lowest BCUT2D eigenvalue weighted by Gasteiger charge is -2.63. The molecule has 0 radical (unpaired) electrons. The largest absolute Gasteiger partial charge is 0.459 e. The third kappa shape index (κ3) is 2.97. The van der Waals surface area contributed by atoms with Gasteiger partial charge in [-0.15, -0.1) is 6.58 Å². The molecule has 27 heavy (non-hydrogen) atoms. The van der Waals surface area contributed by atoms with Crippen molar-refractivity contribution in [3.8, 4) is 0 Å². The van der Waals surface area contributed by atoms with Crippen LogP contribution in [0.15, 0.2) is 12.7 Å². The smallest absolute Gasteiger partial charge is 0.303 e. The fraction of sp³-hybridized carbons (Fsp3) is 0.864. The van der Waals surface area contributed by atoms with E-state index in [1.54, 1.807) is 6.92 Å². The van der Waals surface area contributed by atoms with E-state index in [4.69, 9.17) is 9.47 Å². The summed E-state index contributed by atoms with van der Waals surface area (Å²) < 4.78 is 12.1. The van der Waals surface area contributed by atoms with Crippen LogP contribution in [-0.4, -0.2) is 45.7 Å². The van der Waals surface area contributed by atoms with Gasteiger partial charge in [0.2, 0.25) is 0 Å². The van der Waals surface area contributed by atoms with Gasteiger partial charge in [-0.1, -0.05) is 33.3 Å². The molecule has 1 heterocycles. The van der Waals surface area contributed by atoms with Gasteiger partial charge >= 0.3 is 5.97 Å². The second-order valence-electron chi connectivity index (χ2n) is 10.4. The fourth-order valence-corrected chi connectivity index (χ4v) is 6.75. The lowest BCUT2D eigenvalue weighted by atomic mass is 9.44. The van der Waals surface area contributed by atoms with Gasteiger partial charge in [-0.25, -0.2) is 0 Å². The Balaban J connectivity index is 2.10. The third-order valence-electron chi connectivity index (χ3n) is 8.02. The van der Waals surface area contributed by atoms with Crippen molar-refractivity contribution in [1.82, 2.24) is 0 Å². The van der Waals surface area contributed by atoms with Crippen LogP contribution >= 0.6 is 0 Å². The van der Waals surface area contributed by atoms with E-state index in [1.165, 1.54) is 13.0 Å². The van der Waals surface area contributed by atoms with Crippen LogP contribution in [0.2, 0.25) is 0 Å². The SMILES string of the molecule is C=C[C@@](C)(O)[C@H]1C[C@H]2[C@@]3(C)CCCC(C)(C)[C@@H]3[C@@H](OC(C)=O)[C@@H](O)[C@@]2(C)O1. The topological polar surface area (TPSA) is 76.0 Å². The Morgan fingerprint density at radius 3 is 2.48 bits per heavy atom. The highest BCUT2D eigenvalue weighted by atomic mass is 16.6. The molecule has 2 N–H and O–H groups in total. The van der Waals surface area contributed by atoms with Crippen molar-refractivity contribution < 1.29 is 24.5 Å². The molecule has 0 aromatic rings. The Morgan fingerprint density at radius 1 is 1.30 bits per heavy atom. The average molecular weight is 381 g/mol. The standard InChI is InChI=1S/C22H36O5/c1-8-21(6,25)15-12-14-20(5)11-9-10-19(3,4)17(20)16(26-13(2)23)18(24)22(14,7)27-15/h8,14-18,24-25H,1,9-12H2,2-7H3/t14-,15+,16+,17-,18+,20+,21+,22-/m0/s1. The molecule has 2 aliphatic carbocycles. The highest BCUT2D eigenvalue weighted by Gasteiger charge is 2.70. The van der Waals surface area contributed by atoms with Gasteiger partial charge in [-0.2, -0.15) is 0 Å². The molecule has 1 aliphatic heterocycles. The van der Waals surface area contributed by atoms with Crippen LogP contribution in [0.3, 0.4) is 0 Å². The highest BCUT2D eigenvalue weighted by Crippen LogP contribution is 2.66. The number of carbonyl (C=O) groups is 1. The van der Waals surface area contributed by atoms with Gasteiger partial charge in [0.05, 0.1) is 11.7 Å². The highest BCUT2D eigenvalue weighted by molar-refractivity contribution is 5.66. The van der Waals surface area contributed by atoms with Crippen molar-refractivity contribution in [3.63, 3.8) is 0 Å². The molecule has 8 atom stereocenters. The van der Waals surface area contributed by atoms with Crippen LogP contribution in [-0.2, 0) is 14.3 Å². The zero-order chi connectivity index (χ0) is 20.4. The number of hydrogen-bond acceptors (Lipinski definition) is 5. The van der Waals surface area contributed by atoms with Gasteiger partial charge in [0.15, 0.2) is 0 Å². The van der Waals surface area contributed by atoms with Crippen molar-refractivity contribution in [2.75, 3.05) is 0 Å². The van der Waals surface area contributed by atoms with E-state index in [9.17, 15) is 15.0 Å². The lowest BCUT2D eigenvalue weighted by molar-refractivity contribution is -0.267. The summed E-state index contributed by atoms with van der Waals surface area (Å²) in [5.41, 5.74) is -2.26. The molecule has 0 aromatic carbocycles. The molecule has 0 spiro atoms. The summed E-state index contributed by atoms with van der Waals surface area (Å²) in [4.78, 5) is 11.9. The third-order valence-corrected chi connectivity index (χ3v) is 8.02. The average Bonchev–Trinajstić information content (AvgIpc) is 2.92. The minimum Gasteiger partial charge on any atom is -0.459 e. The van der Waals surface area contributed by atoms with Gasteiger partial charge in [0.1, 0.15) is 17.8 Å². The monoisotopic (exact) mass is 380 g/mol. The number of carbonyl (C=O) groups excluding carboxylic acids is 1. The first-order valence-corrected chi connectivity index (χ1v) is 10.2. The van der Waals surface area contributed by atoms with Crippen molar-refractivity contribution in [2.45, 2.75) is 96.7 Å². The predicted octanol–water partition coefficient (Wildman–Crippen LogP) is 3.23. The van der Waals surface area contributed by atoms with E-state index >= 15 is 0 Å². The van der Waals surface area contributed by atoms with E-state index in [0.29, 0.717) is 6.42 Å². The van der Waals surface area contributed by atoms with E-state index < -0.39 is 29.5 Å². The molecule has 2 saturated carbocycles. The molecular formula is C22H36O5. The summed E-state index contributed by atoms with van der Waals surface area (Å²) >= 11 is 0. The molecule has 154 valence electrons. The zero-order valence-electron chi connectivity index (χ0n) is 17.6. The van der Waals surface area contributed by atoms with Crippen LogP contribution in [0, 0.1) is 22.7 Å². The first-order valence-electron chi connectivity index (χ1n) is 10.2. The van der Waals surface area contributed by atoms with Crippen LogP contribution in [0.4, 0.5) is 0 Å². The molecular weight excluding hydrogens is 344 g/mol. The number of hydrogen-bond donors (Lipinski definition) is 2. The molecule has 0 aromatic heterocycles. The lowest BCUT2D eigenvalue weighted by Crippen LogP contribution is -2.69. The number of aliphatic hydroxyl groups is 2. The van der Waals surface area contributed by atoms with Crippen LogP contribution in [0.1, 0.15) is 67.2 Å². The molecule has 0 bridgehead atoms. The number of rotatable bonds is 3. The van der Waals surface area contributed by atoms with E-state index in [1.807, 2.05) is 6.92 Å². The molecule has 3 aliphatic rings. The summed E-state index contributed by atoms with van der Waals surface area (Å²) in [6, 6.07) is 0. The normalized spacial score (nSPS) is 48.1. The molecule has 5 heteroatoms. The molecule has 3 rings (SSSR count). The molecule has 1 saturated heterocycles. The molecule has 5 nitrogen and oxygen atoms in total. The van der Waals surface area contributed by atoms with E-state index in [-0.39, 0.29) is 28.6 Å². The van der Waals surface area contributed by atoms with Gasteiger partial charge < -0.3 is 19.7 Å². The van der Waals surface area contributed by atoms with Crippen molar-refractivity contribution in [3.05, 3.63) is 12.7 Å². The molecule has 3 fully saturated rings. The zero-order valence-corrected chi connectivity index (χ0v) is 17.6. The van der Waals surface area contributed by atoms with Gasteiger partial charge in [-0.05, 0) is 49.9 Å².